The molecule has 0 aromatic carbocycles. The number of thiol groups is 1. The van der Waals surface area contributed by atoms with E-state index in [9.17, 15) is 0 Å². The van der Waals surface area contributed by atoms with Crippen LogP contribution in [-0.2, 0) is 0 Å². The zero-order chi connectivity index (χ0) is 4.28. The van der Waals surface area contributed by atoms with Crippen LogP contribution < -0.4 is 0 Å². The zero-order valence-electron chi connectivity index (χ0n) is 3.23. The molecule has 0 rings (SSSR count). The Balaban J connectivity index is 2.85. The first-order valence-electron chi connectivity index (χ1n) is 1.46. The van der Waals surface area contributed by atoms with E-state index >= 15 is 0 Å². The molecule has 0 aliphatic carbocycles. The quantitative estimate of drug-likeness (QED) is 0.458. The van der Waals surface area contributed by atoms with Crippen molar-refractivity contribution in [3.05, 3.63) is 12.2 Å². The van der Waals surface area contributed by atoms with E-state index in [0.29, 0.717) is 5.75 Å². The molecule has 0 unspecified atom stereocenters. The summed E-state index contributed by atoms with van der Waals surface area (Å²) in [5.74, 6) is 0.694. The van der Waals surface area contributed by atoms with Gasteiger partial charge in [-0.2, -0.15) is 12.6 Å². The maximum absolute atomic E-state index is 5.13. The lowest BCUT2D eigenvalue weighted by Gasteiger charge is -1.78. The monoisotopic (exact) mass is 87.0 g/mol. The summed E-state index contributed by atoms with van der Waals surface area (Å²) in [6, 6.07) is 0. The Morgan fingerprint density at radius 3 is 2.20 bits per heavy atom. The third-order valence-corrected chi connectivity index (χ3v) is 0.748. The van der Waals surface area contributed by atoms with E-state index in [-0.39, 0.29) is 0 Å². The van der Waals surface area contributed by atoms with E-state index in [1.807, 2.05) is 6.92 Å². The summed E-state index contributed by atoms with van der Waals surface area (Å²) in [4.78, 5) is 0. The van der Waals surface area contributed by atoms with E-state index in [2.05, 4.69) is 12.6 Å². The molecule has 0 spiro atoms. The van der Waals surface area contributed by atoms with Crippen LogP contribution in [0, 0.1) is 6.58 Å². The number of hydrogen-bond donors (Lipinski definition) is 1. The molecule has 0 amide bonds. The van der Waals surface area contributed by atoms with Crippen LogP contribution in [0.25, 0.3) is 0 Å². The van der Waals surface area contributed by atoms with Crippen molar-refractivity contribution in [1.29, 1.82) is 0 Å². The van der Waals surface area contributed by atoms with E-state index in [0.717, 1.165) is 5.57 Å². The lowest BCUT2D eigenvalue weighted by atomic mass is 10.4. The van der Waals surface area contributed by atoms with Gasteiger partial charge >= 0.3 is 0 Å². The van der Waals surface area contributed by atoms with Gasteiger partial charge in [-0.3, -0.25) is 0 Å². The van der Waals surface area contributed by atoms with Gasteiger partial charge in [0.15, 0.2) is 0 Å². The molecule has 0 saturated heterocycles. The van der Waals surface area contributed by atoms with Gasteiger partial charge in [-0.15, -0.1) is 0 Å². The van der Waals surface area contributed by atoms with Gasteiger partial charge in [0, 0.05) is 5.75 Å². The number of hydrogen-bond acceptors (Lipinski definition) is 1. The fourth-order valence-corrected chi connectivity index (χ4v) is 0. The van der Waals surface area contributed by atoms with E-state index < -0.39 is 0 Å². The van der Waals surface area contributed by atoms with Gasteiger partial charge in [0.25, 0.3) is 0 Å². The van der Waals surface area contributed by atoms with Gasteiger partial charge in [-0.25, -0.2) is 0 Å². The van der Waals surface area contributed by atoms with Crippen molar-refractivity contribution < 1.29 is 0 Å². The van der Waals surface area contributed by atoms with Gasteiger partial charge in [-0.05, 0) is 6.92 Å². The molecule has 0 bridgehead atoms. The summed E-state index contributed by atoms with van der Waals surface area (Å²) in [7, 11) is 0. The molecule has 1 radical (unpaired) electrons. The van der Waals surface area contributed by atoms with Gasteiger partial charge in [0.1, 0.15) is 0 Å². The Kier molecular flexibility index (Phi) is 2.38. The second-order valence-electron chi connectivity index (χ2n) is 1.00. The minimum absolute atomic E-state index is 0.694. The van der Waals surface area contributed by atoms with Crippen molar-refractivity contribution in [1.82, 2.24) is 0 Å². The van der Waals surface area contributed by atoms with Gasteiger partial charge in [0.05, 0.1) is 0 Å². The molecule has 0 aromatic rings. The molecular weight excluding hydrogens is 80.1 g/mol. The molecule has 29 valence electrons. The molecule has 0 saturated carbocycles. The summed E-state index contributed by atoms with van der Waals surface area (Å²) >= 11 is 3.85. The van der Waals surface area contributed by atoms with Crippen molar-refractivity contribution in [2.45, 2.75) is 6.92 Å². The first kappa shape index (κ1) is 5.09. The molecule has 0 N–H and O–H groups in total. The van der Waals surface area contributed by atoms with Crippen LogP contribution in [0.15, 0.2) is 5.57 Å². The molecule has 1 heteroatoms. The highest BCUT2D eigenvalue weighted by Crippen LogP contribution is 1.85. The van der Waals surface area contributed by atoms with E-state index in [1.165, 1.54) is 0 Å². The van der Waals surface area contributed by atoms with Crippen LogP contribution in [0.5, 0.6) is 0 Å². The summed E-state index contributed by atoms with van der Waals surface area (Å²) in [6.45, 7) is 6.97. The topological polar surface area (TPSA) is 0 Å². The normalized spacial score (nSPS) is 7.60. The molecular formula is C4H7S. The minimum atomic E-state index is 0.694. The van der Waals surface area contributed by atoms with Crippen LogP contribution in [0.2, 0.25) is 0 Å². The highest BCUT2D eigenvalue weighted by atomic mass is 32.1. The molecule has 5 heavy (non-hydrogen) atoms. The molecule has 0 fully saturated rings. The first-order chi connectivity index (χ1) is 2.27. The fraction of sp³-hybridized carbons (Fsp3) is 0.500. The highest BCUT2D eigenvalue weighted by molar-refractivity contribution is 7.80. The Morgan fingerprint density at radius 1 is 2.00 bits per heavy atom. The van der Waals surface area contributed by atoms with Crippen molar-refractivity contribution in [2.24, 2.45) is 0 Å². The van der Waals surface area contributed by atoms with Crippen LogP contribution in [0.3, 0.4) is 0 Å². The van der Waals surface area contributed by atoms with E-state index in [4.69, 9.17) is 6.58 Å². The SMILES string of the molecule is [CH]=C(C)CS. The standard InChI is InChI=1S/C4H7S/c1-4(2)3-5/h1,5H,3H2,2H3. The lowest BCUT2D eigenvalue weighted by Crippen LogP contribution is -1.66. The van der Waals surface area contributed by atoms with E-state index in [1.54, 1.807) is 0 Å². The first-order valence-corrected chi connectivity index (χ1v) is 2.09. The predicted molar refractivity (Wildman–Crippen MR) is 27.3 cm³/mol. The lowest BCUT2D eigenvalue weighted by molar-refractivity contribution is 1.44. The molecule has 0 aromatic heterocycles. The Hall–Kier alpha value is 0.0900. The summed E-state index contributed by atoms with van der Waals surface area (Å²) in [5, 5.41) is 0. The van der Waals surface area contributed by atoms with Gasteiger partial charge in [0.2, 0.25) is 0 Å². The second-order valence-corrected chi connectivity index (χ2v) is 1.32. The molecule has 0 aliphatic rings. The van der Waals surface area contributed by atoms with Crippen LogP contribution >= 0.6 is 12.6 Å². The van der Waals surface area contributed by atoms with Crippen LogP contribution in [-0.4, -0.2) is 5.75 Å². The third-order valence-electron chi connectivity index (χ3n) is 0.249. The van der Waals surface area contributed by atoms with Crippen molar-refractivity contribution in [2.75, 3.05) is 5.75 Å². The van der Waals surface area contributed by atoms with Crippen molar-refractivity contribution in [3.63, 3.8) is 0 Å². The highest BCUT2D eigenvalue weighted by Gasteiger charge is 1.69. The summed E-state index contributed by atoms with van der Waals surface area (Å²) in [6.07, 6.45) is 0. The second kappa shape index (κ2) is 2.33. The maximum Gasteiger partial charge on any atom is 0.0113 e. The van der Waals surface area contributed by atoms with Crippen molar-refractivity contribution in [3.8, 4) is 0 Å². The van der Waals surface area contributed by atoms with Gasteiger partial charge < -0.3 is 0 Å². The molecule has 0 heterocycles. The predicted octanol–water partition coefficient (Wildman–Crippen LogP) is 1.30. The van der Waals surface area contributed by atoms with Crippen LogP contribution in [0.4, 0.5) is 0 Å². The third kappa shape index (κ3) is 4.09. The molecule has 0 aliphatic heterocycles. The zero-order valence-corrected chi connectivity index (χ0v) is 4.13. The van der Waals surface area contributed by atoms with Crippen molar-refractivity contribution >= 4 is 12.6 Å². The Labute approximate surface area is 38.3 Å². The largest absolute Gasteiger partial charge is 0.175 e. The number of rotatable bonds is 1. The average molecular weight is 87.2 g/mol. The minimum Gasteiger partial charge on any atom is -0.175 e. The average Bonchev–Trinajstić information content (AvgIpc) is 1.38. The summed E-state index contributed by atoms with van der Waals surface area (Å²) < 4.78 is 0. The van der Waals surface area contributed by atoms with Gasteiger partial charge in [-0.1, -0.05) is 12.2 Å². The van der Waals surface area contributed by atoms with Crippen LogP contribution in [0.1, 0.15) is 6.92 Å². The molecule has 0 atom stereocenters. The Morgan fingerprint density at radius 2 is 2.20 bits per heavy atom. The smallest absolute Gasteiger partial charge is 0.0113 e. The Bertz CT molecular complexity index is 38.9. The fourth-order valence-electron chi connectivity index (χ4n) is 0. The summed E-state index contributed by atoms with van der Waals surface area (Å²) in [5.41, 5.74) is 0.869. The molecule has 0 nitrogen and oxygen atoms in total. The maximum atomic E-state index is 5.13.